The number of alkyl halides is 3. The quantitative estimate of drug-likeness (QED) is 0.753. The van der Waals surface area contributed by atoms with Crippen LogP contribution in [0.5, 0.6) is 0 Å². The first-order chi connectivity index (χ1) is 8.89. The third-order valence-corrected chi connectivity index (χ3v) is 3.01. The molecule has 0 bridgehead atoms. The molecular weight excluding hydrogens is 251 g/mol. The Hall–Kier alpha value is -1.84. The van der Waals surface area contributed by atoms with E-state index < -0.39 is 11.7 Å². The first kappa shape index (κ1) is 13.6. The van der Waals surface area contributed by atoms with Crippen LogP contribution >= 0.6 is 0 Å². The predicted molar refractivity (Wildman–Crippen MR) is 68.8 cm³/mol. The smallest absolute Gasteiger partial charge is 0.264 e. The summed E-state index contributed by atoms with van der Waals surface area (Å²) >= 11 is 0. The van der Waals surface area contributed by atoms with Gasteiger partial charge in [-0.25, -0.2) is 0 Å². The normalized spacial score (nSPS) is 11.9. The Morgan fingerprint density at radius 2 is 1.63 bits per heavy atom. The standard InChI is InChI=1S/C15H14F3N/c1-10(2)11-3-5-12(6-4-11)13-9-19-8-7-14(13)15(16,17)18/h3-10H,1-2H3. The van der Waals surface area contributed by atoms with E-state index in [1.54, 1.807) is 12.1 Å². The Balaban J connectivity index is 2.48. The number of hydrogen-bond donors (Lipinski definition) is 0. The summed E-state index contributed by atoms with van der Waals surface area (Å²) in [6.45, 7) is 4.08. The zero-order chi connectivity index (χ0) is 14.0. The Labute approximate surface area is 110 Å². The van der Waals surface area contributed by atoms with Crippen LogP contribution in [0.4, 0.5) is 13.2 Å². The van der Waals surface area contributed by atoms with Gasteiger partial charge in [0.2, 0.25) is 0 Å². The summed E-state index contributed by atoms with van der Waals surface area (Å²) in [5.74, 6) is 0.352. The van der Waals surface area contributed by atoms with Gasteiger partial charge in [-0.15, -0.1) is 0 Å². The van der Waals surface area contributed by atoms with E-state index in [9.17, 15) is 13.2 Å². The van der Waals surface area contributed by atoms with E-state index in [4.69, 9.17) is 0 Å². The van der Waals surface area contributed by atoms with Crippen molar-refractivity contribution in [2.45, 2.75) is 25.9 Å². The molecule has 0 spiro atoms. The Morgan fingerprint density at radius 3 is 2.16 bits per heavy atom. The molecule has 0 aliphatic rings. The van der Waals surface area contributed by atoms with E-state index in [1.165, 1.54) is 6.20 Å². The average Bonchev–Trinajstić information content (AvgIpc) is 2.38. The Bertz CT molecular complexity index is 556. The van der Waals surface area contributed by atoms with Gasteiger partial charge in [-0.2, -0.15) is 13.2 Å². The number of halogens is 3. The van der Waals surface area contributed by atoms with E-state index in [-0.39, 0.29) is 5.56 Å². The molecule has 0 aliphatic heterocycles. The van der Waals surface area contributed by atoms with Crippen molar-refractivity contribution in [1.82, 2.24) is 4.98 Å². The minimum atomic E-state index is -4.37. The zero-order valence-corrected chi connectivity index (χ0v) is 10.7. The van der Waals surface area contributed by atoms with E-state index in [2.05, 4.69) is 4.98 Å². The van der Waals surface area contributed by atoms with Gasteiger partial charge in [-0.1, -0.05) is 38.1 Å². The highest BCUT2D eigenvalue weighted by Gasteiger charge is 2.33. The lowest BCUT2D eigenvalue weighted by molar-refractivity contribution is -0.137. The van der Waals surface area contributed by atoms with E-state index in [0.29, 0.717) is 11.5 Å². The highest BCUT2D eigenvalue weighted by Crippen LogP contribution is 2.36. The predicted octanol–water partition coefficient (Wildman–Crippen LogP) is 4.89. The highest BCUT2D eigenvalue weighted by molar-refractivity contribution is 5.67. The third-order valence-electron chi connectivity index (χ3n) is 3.01. The molecule has 1 heterocycles. The van der Waals surface area contributed by atoms with Crippen molar-refractivity contribution in [3.05, 3.63) is 53.9 Å². The van der Waals surface area contributed by atoms with Crippen molar-refractivity contribution in [3.63, 3.8) is 0 Å². The summed E-state index contributed by atoms with van der Waals surface area (Å²) in [6, 6.07) is 8.13. The maximum Gasteiger partial charge on any atom is 0.417 e. The van der Waals surface area contributed by atoms with Crippen LogP contribution in [-0.4, -0.2) is 4.98 Å². The largest absolute Gasteiger partial charge is 0.417 e. The summed E-state index contributed by atoms with van der Waals surface area (Å²) in [6.07, 6.45) is -1.95. The van der Waals surface area contributed by atoms with Crippen molar-refractivity contribution in [2.24, 2.45) is 0 Å². The van der Waals surface area contributed by atoms with Gasteiger partial charge < -0.3 is 0 Å². The van der Waals surface area contributed by atoms with Gasteiger partial charge in [0, 0.05) is 18.0 Å². The Kier molecular flexibility index (Phi) is 3.60. The van der Waals surface area contributed by atoms with E-state index in [0.717, 1.165) is 17.8 Å². The number of aromatic nitrogens is 1. The molecule has 0 aliphatic carbocycles. The summed E-state index contributed by atoms with van der Waals surface area (Å²) < 4.78 is 38.7. The van der Waals surface area contributed by atoms with Gasteiger partial charge >= 0.3 is 6.18 Å². The lowest BCUT2D eigenvalue weighted by Crippen LogP contribution is -2.07. The van der Waals surface area contributed by atoms with E-state index in [1.807, 2.05) is 26.0 Å². The molecule has 0 radical (unpaired) electrons. The lowest BCUT2D eigenvalue weighted by atomic mass is 9.97. The molecule has 0 amide bonds. The molecule has 0 saturated carbocycles. The molecule has 2 aromatic rings. The fourth-order valence-electron chi connectivity index (χ4n) is 1.92. The molecule has 0 atom stereocenters. The number of hydrogen-bond acceptors (Lipinski definition) is 1. The van der Waals surface area contributed by atoms with Crippen molar-refractivity contribution in [3.8, 4) is 11.1 Å². The third kappa shape index (κ3) is 2.95. The molecule has 19 heavy (non-hydrogen) atoms. The second-order valence-corrected chi connectivity index (χ2v) is 4.70. The molecule has 0 saturated heterocycles. The van der Waals surface area contributed by atoms with Crippen LogP contribution in [0.1, 0.15) is 30.9 Å². The first-order valence-corrected chi connectivity index (χ1v) is 6.01. The van der Waals surface area contributed by atoms with Crippen LogP contribution in [-0.2, 0) is 6.18 Å². The van der Waals surface area contributed by atoms with Crippen molar-refractivity contribution in [2.75, 3.05) is 0 Å². The lowest BCUT2D eigenvalue weighted by Gasteiger charge is -2.13. The number of nitrogens with zero attached hydrogens (tertiary/aromatic N) is 1. The molecule has 1 aromatic carbocycles. The van der Waals surface area contributed by atoms with Crippen LogP contribution in [0.3, 0.4) is 0 Å². The minimum absolute atomic E-state index is 0.116. The van der Waals surface area contributed by atoms with Gasteiger partial charge in [0.1, 0.15) is 0 Å². The van der Waals surface area contributed by atoms with Gasteiger partial charge in [-0.3, -0.25) is 4.98 Å². The summed E-state index contributed by atoms with van der Waals surface area (Å²) in [4.78, 5) is 3.79. The fourth-order valence-corrected chi connectivity index (χ4v) is 1.92. The van der Waals surface area contributed by atoms with E-state index >= 15 is 0 Å². The van der Waals surface area contributed by atoms with Crippen LogP contribution in [0.2, 0.25) is 0 Å². The van der Waals surface area contributed by atoms with Crippen molar-refractivity contribution in [1.29, 1.82) is 0 Å². The van der Waals surface area contributed by atoms with Crippen LogP contribution in [0, 0.1) is 0 Å². The molecule has 100 valence electrons. The molecule has 2 rings (SSSR count). The highest BCUT2D eigenvalue weighted by atomic mass is 19.4. The maximum absolute atomic E-state index is 12.9. The number of pyridine rings is 1. The van der Waals surface area contributed by atoms with Gasteiger partial charge in [0.15, 0.2) is 0 Å². The fraction of sp³-hybridized carbons (Fsp3) is 0.267. The topological polar surface area (TPSA) is 12.9 Å². The monoisotopic (exact) mass is 265 g/mol. The molecule has 4 heteroatoms. The molecule has 0 fully saturated rings. The second-order valence-electron chi connectivity index (χ2n) is 4.70. The molecule has 1 aromatic heterocycles. The van der Waals surface area contributed by atoms with Crippen LogP contribution < -0.4 is 0 Å². The molecule has 0 unspecified atom stereocenters. The van der Waals surface area contributed by atoms with Gasteiger partial charge in [0.05, 0.1) is 5.56 Å². The SMILES string of the molecule is CC(C)c1ccc(-c2cnccc2C(F)(F)F)cc1. The summed E-state index contributed by atoms with van der Waals surface area (Å²) in [5, 5.41) is 0. The molecule has 0 N–H and O–H groups in total. The molecule has 1 nitrogen and oxygen atoms in total. The average molecular weight is 265 g/mol. The molecular formula is C15H14F3N. The second kappa shape index (κ2) is 5.03. The zero-order valence-electron chi connectivity index (χ0n) is 10.7. The van der Waals surface area contributed by atoms with Crippen LogP contribution in [0.25, 0.3) is 11.1 Å². The summed E-state index contributed by atoms with van der Waals surface area (Å²) in [7, 11) is 0. The Morgan fingerprint density at radius 1 is 1.00 bits per heavy atom. The van der Waals surface area contributed by atoms with Crippen molar-refractivity contribution >= 4 is 0 Å². The summed E-state index contributed by atoms with van der Waals surface area (Å²) in [5.41, 5.74) is 1.09. The number of benzene rings is 1. The number of rotatable bonds is 2. The van der Waals surface area contributed by atoms with Gasteiger partial charge in [0.25, 0.3) is 0 Å². The van der Waals surface area contributed by atoms with Gasteiger partial charge in [-0.05, 0) is 23.1 Å². The van der Waals surface area contributed by atoms with Crippen LogP contribution in [0.15, 0.2) is 42.7 Å². The maximum atomic E-state index is 12.9. The first-order valence-electron chi connectivity index (χ1n) is 6.01. The minimum Gasteiger partial charge on any atom is -0.264 e. The van der Waals surface area contributed by atoms with Crippen molar-refractivity contribution < 1.29 is 13.2 Å².